The van der Waals surface area contributed by atoms with E-state index < -0.39 is 35.1 Å². The van der Waals surface area contributed by atoms with Crippen molar-refractivity contribution >= 4 is 33.7 Å². The molecular weight excluding hydrogens is 514 g/mol. The van der Waals surface area contributed by atoms with Gasteiger partial charge in [-0.1, -0.05) is 35.0 Å². The molecule has 3 saturated heterocycles. The van der Waals surface area contributed by atoms with Crippen molar-refractivity contribution in [2.45, 2.75) is 75.1 Å². The second kappa shape index (κ2) is 10.7. The Balaban J connectivity index is 2.09. The summed E-state index contributed by atoms with van der Waals surface area (Å²) in [5.74, 6) is -1.99. The number of alkyl halides is 1. The predicted molar refractivity (Wildman–Crippen MR) is 138 cm³/mol. The summed E-state index contributed by atoms with van der Waals surface area (Å²) < 4.78 is 6.57. The van der Waals surface area contributed by atoms with Gasteiger partial charge in [-0.3, -0.25) is 14.4 Å². The second-order valence-corrected chi connectivity index (χ2v) is 11.9. The topological polar surface area (TPSA) is 90.4 Å². The lowest BCUT2D eigenvalue weighted by Gasteiger charge is -2.42. The third-order valence-electron chi connectivity index (χ3n) is 7.41. The van der Waals surface area contributed by atoms with Crippen LogP contribution in [0.4, 0.5) is 0 Å². The van der Waals surface area contributed by atoms with Crippen molar-refractivity contribution in [3.05, 3.63) is 25.3 Å². The number of halogens is 1. The maximum Gasteiger partial charge on any atom is 0.249 e. The van der Waals surface area contributed by atoms with Gasteiger partial charge in [0.2, 0.25) is 17.7 Å². The highest BCUT2D eigenvalue weighted by molar-refractivity contribution is 9.09. The Kier molecular flexibility index (Phi) is 8.54. The molecule has 9 heteroatoms. The zero-order valence-electron chi connectivity index (χ0n) is 21.4. The van der Waals surface area contributed by atoms with E-state index in [0.29, 0.717) is 32.5 Å². The first-order chi connectivity index (χ1) is 16.5. The van der Waals surface area contributed by atoms with Crippen LogP contribution in [0, 0.1) is 11.8 Å². The highest BCUT2D eigenvalue weighted by Crippen LogP contribution is 2.60. The Hall–Kier alpha value is -1.71. The minimum absolute atomic E-state index is 0.103. The van der Waals surface area contributed by atoms with Crippen LogP contribution in [0.3, 0.4) is 0 Å². The number of ether oxygens (including phenoxy) is 1. The van der Waals surface area contributed by atoms with Crippen molar-refractivity contribution in [2.75, 3.05) is 32.8 Å². The van der Waals surface area contributed by atoms with Crippen LogP contribution < -0.4 is 0 Å². The average molecular weight is 555 g/mol. The van der Waals surface area contributed by atoms with Gasteiger partial charge in [-0.05, 0) is 40.0 Å². The molecule has 0 saturated carbocycles. The maximum absolute atomic E-state index is 14.2. The van der Waals surface area contributed by atoms with Gasteiger partial charge < -0.3 is 24.5 Å². The minimum Gasteiger partial charge on any atom is -0.396 e. The fraction of sp³-hybridized carbons (Fsp3) is 0.731. The molecule has 0 aromatic rings. The van der Waals surface area contributed by atoms with E-state index in [9.17, 15) is 19.5 Å². The monoisotopic (exact) mass is 553 g/mol. The third-order valence-corrected chi connectivity index (χ3v) is 8.25. The van der Waals surface area contributed by atoms with Crippen molar-refractivity contribution < 1.29 is 24.2 Å². The van der Waals surface area contributed by atoms with Crippen LogP contribution >= 0.6 is 15.9 Å². The lowest BCUT2D eigenvalue weighted by atomic mass is 9.70. The molecule has 3 aliphatic rings. The molecule has 196 valence electrons. The molecule has 2 bridgehead atoms. The van der Waals surface area contributed by atoms with E-state index in [2.05, 4.69) is 29.1 Å². The molecular formula is C26H40BrN3O5. The highest BCUT2D eigenvalue weighted by atomic mass is 79.9. The maximum atomic E-state index is 14.2. The van der Waals surface area contributed by atoms with Crippen molar-refractivity contribution in [1.29, 1.82) is 0 Å². The largest absolute Gasteiger partial charge is 0.396 e. The number of carbonyl (C=O) groups excluding carboxylic acids is 3. The predicted octanol–water partition coefficient (Wildman–Crippen LogP) is 2.35. The Labute approximate surface area is 217 Å². The Morgan fingerprint density at radius 2 is 1.91 bits per heavy atom. The first-order valence-electron chi connectivity index (χ1n) is 12.5. The second-order valence-electron chi connectivity index (χ2n) is 10.8. The summed E-state index contributed by atoms with van der Waals surface area (Å²) in [5, 5.41) is 9.51. The van der Waals surface area contributed by atoms with Crippen molar-refractivity contribution in [3.8, 4) is 0 Å². The molecule has 3 fully saturated rings. The Morgan fingerprint density at radius 3 is 2.46 bits per heavy atom. The van der Waals surface area contributed by atoms with Gasteiger partial charge in [-0.15, -0.1) is 13.2 Å². The van der Waals surface area contributed by atoms with Crippen molar-refractivity contribution in [3.63, 3.8) is 0 Å². The average Bonchev–Trinajstić information content (AvgIpc) is 3.37. The number of likely N-dealkylation sites (tertiary alicyclic amines) is 1. The number of nitrogens with zero attached hydrogens (tertiary/aromatic N) is 3. The number of fused-ring (bicyclic) bond motifs is 1. The molecule has 0 radical (unpaired) electrons. The van der Waals surface area contributed by atoms with Crippen LogP contribution in [-0.2, 0) is 19.1 Å². The first-order valence-corrected chi connectivity index (χ1v) is 13.5. The lowest BCUT2D eigenvalue weighted by Crippen LogP contribution is -2.60. The molecule has 1 spiro atoms. The summed E-state index contributed by atoms with van der Waals surface area (Å²) in [7, 11) is 0. The van der Waals surface area contributed by atoms with E-state index in [0.717, 1.165) is 6.42 Å². The van der Waals surface area contributed by atoms with Crippen LogP contribution in [0.25, 0.3) is 0 Å². The molecule has 1 N–H and O–H groups in total. The lowest BCUT2D eigenvalue weighted by molar-refractivity contribution is -0.151. The van der Waals surface area contributed by atoms with Gasteiger partial charge in [0.15, 0.2) is 0 Å². The summed E-state index contributed by atoms with van der Waals surface area (Å²) in [6.07, 6.45) is 4.47. The fourth-order valence-electron chi connectivity index (χ4n) is 6.07. The van der Waals surface area contributed by atoms with Crippen molar-refractivity contribution in [1.82, 2.24) is 14.7 Å². The van der Waals surface area contributed by atoms with Gasteiger partial charge >= 0.3 is 0 Å². The summed E-state index contributed by atoms with van der Waals surface area (Å²) in [5.41, 5.74) is -1.60. The molecule has 3 aliphatic heterocycles. The summed E-state index contributed by atoms with van der Waals surface area (Å²) in [6.45, 7) is 16.8. The molecule has 8 nitrogen and oxygen atoms in total. The molecule has 3 rings (SSSR count). The number of hydrogen-bond donors (Lipinski definition) is 1. The quantitative estimate of drug-likeness (QED) is 0.313. The van der Waals surface area contributed by atoms with E-state index in [4.69, 9.17) is 4.74 Å². The van der Waals surface area contributed by atoms with Crippen LogP contribution in [0.15, 0.2) is 25.3 Å². The number of rotatable bonds is 11. The van der Waals surface area contributed by atoms with Gasteiger partial charge in [-0.25, -0.2) is 0 Å². The number of amides is 3. The zero-order chi connectivity index (χ0) is 26.1. The number of carbonyl (C=O) groups is 3. The minimum atomic E-state index is -1.10. The van der Waals surface area contributed by atoms with Crippen LogP contribution in [0.2, 0.25) is 0 Å². The summed E-state index contributed by atoms with van der Waals surface area (Å²) in [6, 6.07) is -0.868. The normalized spacial score (nSPS) is 31.4. The van der Waals surface area contributed by atoms with Crippen LogP contribution in [-0.4, -0.2) is 98.4 Å². The van der Waals surface area contributed by atoms with Crippen LogP contribution in [0.1, 0.15) is 47.0 Å². The summed E-state index contributed by atoms with van der Waals surface area (Å²) in [4.78, 5) is 46.8. The Morgan fingerprint density at radius 1 is 1.26 bits per heavy atom. The molecule has 3 unspecified atom stereocenters. The number of aliphatic hydroxyl groups is 1. The van der Waals surface area contributed by atoms with Crippen molar-refractivity contribution in [2.24, 2.45) is 11.8 Å². The third kappa shape index (κ3) is 4.71. The highest BCUT2D eigenvalue weighted by Gasteiger charge is 2.77. The zero-order valence-corrected chi connectivity index (χ0v) is 23.0. The van der Waals surface area contributed by atoms with E-state index in [-0.39, 0.29) is 35.7 Å². The van der Waals surface area contributed by atoms with Gasteiger partial charge in [0.25, 0.3) is 0 Å². The molecule has 0 aromatic carbocycles. The first kappa shape index (κ1) is 27.9. The van der Waals surface area contributed by atoms with E-state index >= 15 is 0 Å². The standard InChI is InChI=1S/C26H40BrN3O5/c1-7-11-28(12-8-2)22(32)18-19-23(33)29(14-10-15-31)21(26(19)16-17(27)20(18)35-26)24(34)30(13-9-3)25(4,5)6/h7,9,17-21,31H,1,3,8,10-16H2,2,4-6H3/t17?,18-,19-,20-,21?,26?/m0/s1. The fourth-order valence-corrected chi connectivity index (χ4v) is 7.01. The molecule has 0 aliphatic carbocycles. The Bertz CT molecular complexity index is 858. The molecule has 3 amide bonds. The van der Waals surface area contributed by atoms with Gasteiger partial charge in [0.05, 0.1) is 17.9 Å². The molecule has 0 aromatic heterocycles. The smallest absolute Gasteiger partial charge is 0.249 e. The summed E-state index contributed by atoms with van der Waals surface area (Å²) >= 11 is 3.71. The van der Waals surface area contributed by atoms with E-state index in [1.54, 1.807) is 26.9 Å². The van der Waals surface area contributed by atoms with E-state index in [1.165, 1.54) is 0 Å². The number of aliphatic hydroxyl groups excluding tert-OH is 1. The van der Waals surface area contributed by atoms with E-state index in [1.807, 2.05) is 27.7 Å². The van der Waals surface area contributed by atoms with Gasteiger partial charge in [0, 0.05) is 43.2 Å². The number of hydrogen-bond acceptors (Lipinski definition) is 5. The molecule has 6 atom stereocenters. The molecule has 3 heterocycles. The molecule has 35 heavy (non-hydrogen) atoms. The van der Waals surface area contributed by atoms with Crippen LogP contribution in [0.5, 0.6) is 0 Å². The van der Waals surface area contributed by atoms with Gasteiger partial charge in [0.1, 0.15) is 11.6 Å². The SMILES string of the molecule is C=CCN(CCC)C(=O)[C@H]1[C@H]2C(=O)N(CCCO)C(C(=O)N(CC=C)C(C)(C)C)C23CC(Br)[C@@H]1O3. The van der Waals surface area contributed by atoms with Gasteiger partial charge in [-0.2, -0.15) is 0 Å².